The van der Waals surface area contributed by atoms with Crippen LogP contribution in [-0.4, -0.2) is 15.5 Å². The van der Waals surface area contributed by atoms with Crippen molar-refractivity contribution in [1.82, 2.24) is 9.55 Å². The smallest absolute Gasteiger partial charge is 0.193 e. The van der Waals surface area contributed by atoms with Crippen LogP contribution in [0.25, 0.3) is 0 Å². The van der Waals surface area contributed by atoms with E-state index in [0.29, 0.717) is 12.5 Å². The van der Waals surface area contributed by atoms with E-state index in [4.69, 9.17) is 5.73 Å². The van der Waals surface area contributed by atoms with Crippen molar-refractivity contribution in [2.24, 2.45) is 10.7 Å². The molecular weight excluding hydrogens is 298 g/mol. The molecule has 5 heteroatoms. The SMILES string of the molecule is NC(=NCc1cn2c(n1)CCCC2)Nc1cccc2c1CCCC2. The summed E-state index contributed by atoms with van der Waals surface area (Å²) in [7, 11) is 0. The number of aliphatic imine (C=N–C) groups is 1. The molecule has 3 N–H and O–H groups in total. The average Bonchev–Trinajstić information content (AvgIpc) is 3.03. The monoisotopic (exact) mass is 323 g/mol. The minimum Gasteiger partial charge on any atom is -0.370 e. The third-order valence-corrected chi connectivity index (χ3v) is 5.03. The Balaban J connectivity index is 1.45. The Labute approximate surface area is 143 Å². The number of fused-ring (bicyclic) bond motifs is 2. The molecule has 4 rings (SSSR count). The molecule has 5 nitrogen and oxygen atoms in total. The summed E-state index contributed by atoms with van der Waals surface area (Å²) >= 11 is 0. The van der Waals surface area contributed by atoms with Gasteiger partial charge in [0.15, 0.2) is 5.96 Å². The van der Waals surface area contributed by atoms with E-state index >= 15 is 0 Å². The lowest BCUT2D eigenvalue weighted by atomic mass is 9.90. The zero-order valence-electron chi connectivity index (χ0n) is 14.1. The third kappa shape index (κ3) is 3.16. The van der Waals surface area contributed by atoms with Crippen molar-refractivity contribution in [3.63, 3.8) is 0 Å². The second-order valence-electron chi connectivity index (χ2n) is 6.78. The van der Waals surface area contributed by atoms with Crippen LogP contribution in [0, 0.1) is 0 Å². The molecule has 0 fully saturated rings. The molecule has 2 aliphatic rings. The van der Waals surface area contributed by atoms with Crippen molar-refractivity contribution in [3.05, 3.63) is 47.0 Å². The molecular formula is C19H25N5. The fourth-order valence-corrected chi connectivity index (χ4v) is 3.79. The van der Waals surface area contributed by atoms with Crippen molar-refractivity contribution in [2.45, 2.75) is 58.0 Å². The Morgan fingerprint density at radius 2 is 2.04 bits per heavy atom. The Hall–Kier alpha value is -2.30. The Bertz CT molecular complexity index is 736. The topological polar surface area (TPSA) is 68.2 Å². The quantitative estimate of drug-likeness (QED) is 0.674. The number of hydrogen-bond donors (Lipinski definition) is 2. The van der Waals surface area contributed by atoms with Crippen LogP contribution in [0.4, 0.5) is 5.69 Å². The fraction of sp³-hybridized carbons (Fsp3) is 0.474. The van der Waals surface area contributed by atoms with Crippen molar-refractivity contribution < 1.29 is 0 Å². The highest BCUT2D eigenvalue weighted by Gasteiger charge is 2.14. The summed E-state index contributed by atoms with van der Waals surface area (Å²) in [6.45, 7) is 1.61. The first-order valence-corrected chi connectivity index (χ1v) is 9.02. The molecule has 1 aromatic carbocycles. The Kier molecular flexibility index (Phi) is 4.24. The van der Waals surface area contributed by atoms with Gasteiger partial charge in [-0.1, -0.05) is 12.1 Å². The molecule has 0 spiro atoms. The van der Waals surface area contributed by atoms with E-state index in [-0.39, 0.29) is 0 Å². The van der Waals surface area contributed by atoms with Gasteiger partial charge in [0.05, 0.1) is 12.2 Å². The average molecular weight is 323 g/mol. The summed E-state index contributed by atoms with van der Waals surface area (Å²) in [5, 5.41) is 3.30. The van der Waals surface area contributed by atoms with Crippen molar-refractivity contribution >= 4 is 11.6 Å². The molecule has 2 heterocycles. The van der Waals surface area contributed by atoms with Crippen LogP contribution in [0.5, 0.6) is 0 Å². The number of aryl methyl sites for hydroxylation is 3. The maximum Gasteiger partial charge on any atom is 0.193 e. The highest BCUT2D eigenvalue weighted by Crippen LogP contribution is 2.27. The number of rotatable bonds is 3. The van der Waals surface area contributed by atoms with Gasteiger partial charge < -0.3 is 15.6 Å². The molecule has 24 heavy (non-hydrogen) atoms. The molecule has 1 aromatic heterocycles. The number of aromatic nitrogens is 2. The minimum absolute atomic E-state index is 0.472. The highest BCUT2D eigenvalue weighted by molar-refractivity contribution is 5.93. The van der Waals surface area contributed by atoms with Crippen LogP contribution in [0.1, 0.15) is 48.3 Å². The number of nitrogens with two attached hydrogens (primary N) is 1. The van der Waals surface area contributed by atoms with Gasteiger partial charge in [0.25, 0.3) is 0 Å². The first-order chi connectivity index (χ1) is 11.8. The van der Waals surface area contributed by atoms with Gasteiger partial charge in [0, 0.05) is 24.8 Å². The molecule has 0 unspecified atom stereocenters. The molecule has 0 amide bonds. The molecule has 0 atom stereocenters. The van der Waals surface area contributed by atoms with Crippen molar-refractivity contribution in [3.8, 4) is 0 Å². The lowest BCUT2D eigenvalue weighted by Crippen LogP contribution is -2.24. The van der Waals surface area contributed by atoms with Crippen LogP contribution in [0.3, 0.4) is 0 Å². The first-order valence-electron chi connectivity index (χ1n) is 9.02. The summed E-state index contributed by atoms with van der Waals surface area (Å²) in [4.78, 5) is 9.16. The van der Waals surface area contributed by atoms with Gasteiger partial charge in [0.1, 0.15) is 5.82 Å². The van der Waals surface area contributed by atoms with Crippen molar-refractivity contribution in [1.29, 1.82) is 0 Å². The summed E-state index contributed by atoms with van der Waals surface area (Å²) < 4.78 is 2.26. The zero-order chi connectivity index (χ0) is 16.4. The van der Waals surface area contributed by atoms with Gasteiger partial charge in [-0.05, 0) is 55.7 Å². The second kappa shape index (κ2) is 6.67. The normalized spacial score (nSPS) is 17.2. The number of benzene rings is 1. The van der Waals surface area contributed by atoms with Crippen LogP contribution in [0.15, 0.2) is 29.4 Å². The number of nitrogens with one attached hydrogen (secondary N) is 1. The van der Waals surface area contributed by atoms with Gasteiger partial charge in [-0.15, -0.1) is 0 Å². The maximum atomic E-state index is 6.11. The van der Waals surface area contributed by atoms with Crippen molar-refractivity contribution in [2.75, 3.05) is 5.32 Å². The summed E-state index contributed by atoms with van der Waals surface area (Å²) in [6.07, 6.45) is 10.5. The molecule has 0 saturated carbocycles. The molecule has 1 aliphatic heterocycles. The van der Waals surface area contributed by atoms with Gasteiger partial charge in [0.2, 0.25) is 0 Å². The zero-order valence-corrected chi connectivity index (χ0v) is 14.1. The Morgan fingerprint density at radius 1 is 1.17 bits per heavy atom. The standard InChI is InChI=1S/C19H25N5/c20-19(21-12-15-13-24-11-4-3-10-18(24)22-15)23-17-9-5-7-14-6-1-2-8-16(14)17/h5,7,9,13H,1-4,6,8,10-12H2,(H3,20,21,23). The van der Waals surface area contributed by atoms with E-state index in [0.717, 1.165) is 30.8 Å². The molecule has 2 aromatic rings. The highest BCUT2D eigenvalue weighted by atomic mass is 15.1. The van der Waals surface area contributed by atoms with Gasteiger partial charge >= 0.3 is 0 Å². The predicted octanol–water partition coefficient (Wildman–Crippen LogP) is 3.03. The second-order valence-corrected chi connectivity index (χ2v) is 6.78. The summed E-state index contributed by atoms with van der Waals surface area (Å²) in [5.74, 6) is 1.66. The van der Waals surface area contributed by atoms with Crippen LogP contribution in [0.2, 0.25) is 0 Å². The van der Waals surface area contributed by atoms with E-state index in [2.05, 4.69) is 44.3 Å². The molecule has 1 aliphatic carbocycles. The van der Waals surface area contributed by atoms with E-state index < -0.39 is 0 Å². The maximum absolute atomic E-state index is 6.11. The van der Waals surface area contributed by atoms with Crippen LogP contribution >= 0.6 is 0 Å². The number of anilines is 1. The van der Waals surface area contributed by atoms with Crippen LogP contribution in [-0.2, 0) is 32.4 Å². The van der Waals surface area contributed by atoms with Gasteiger partial charge in [-0.2, -0.15) is 0 Å². The lowest BCUT2D eigenvalue weighted by Gasteiger charge is -2.19. The lowest BCUT2D eigenvalue weighted by molar-refractivity contribution is 0.522. The van der Waals surface area contributed by atoms with E-state index in [1.807, 2.05) is 0 Å². The van der Waals surface area contributed by atoms with E-state index in [9.17, 15) is 0 Å². The van der Waals surface area contributed by atoms with E-state index in [1.54, 1.807) is 0 Å². The first kappa shape index (κ1) is 15.2. The third-order valence-electron chi connectivity index (χ3n) is 5.03. The number of imidazole rings is 1. The van der Waals surface area contributed by atoms with E-state index in [1.165, 1.54) is 49.1 Å². The van der Waals surface area contributed by atoms with Gasteiger partial charge in [-0.25, -0.2) is 9.98 Å². The largest absolute Gasteiger partial charge is 0.370 e. The molecule has 0 bridgehead atoms. The number of guanidine groups is 1. The molecule has 0 saturated heterocycles. The number of hydrogen-bond acceptors (Lipinski definition) is 2. The summed E-state index contributed by atoms with van der Waals surface area (Å²) in [6, 6.07) is 6.42. The summed E-state index contributed by atoms with van der Waals surface area (Å²) in [5.41, 5.74) is 11.1. The molecule has 126 valence electrons. The van der Waals surface area contributed by atoms with Crippen LogP contribution < -0.4 is 11.1 Å². The fourth-order valence-electron chi connectivity index (χ4n) is 3.79. The predicted molar refractivity (Wildman–Crippen MR) is 97.2 cm³/mol. The molecule has 0 radical (unpaired) electrons. The number of nitrogens with zero attached hydrogens (tertiary/aromatic N) is 3. The minimum atomic E-state index is 0.472. The Morgan fingerprint density at radius 3 is 2.96 bits per heavy atom. The van der Waals surface area contributed by atoms with Gasteiger partial charge in [-0.3, -0.25) is 0 Å².